The number of halogens is 2. The molecule has 0 unspecified atom stereocenters. The fraction of sp³-hybridized carbons (Fsp3) is 0.118. The number of carbonyl (C=O) groups excluding carboxylic acids is 1. The number of hydrogen-bond acceptors (Lipinski definition) is 1. The third-order valence-corrected chi connectivity index (χ3v) is 3.28. The molecule has 2 rings (SSSR count). The smallest absolute Gasteiger partial charge is 0.248 e. The van der Waals surface area contributed by atoms with Crippen LogP contribution in [0.3, 0.4) is 0 Å². The Morgan fingerprint density at radius 1 is 1.19 bits per heavy atom. The summed E-state index contributed by atoms with van der Waals surface area (Å²) in [4.78, 5) is 11.9. The van der Waals surface area contributed by atoms with Crippen molar-refractivity contribution in [3.8, 4) is 0 Å². The molecule has 0 heterocycles. The highest BCUT2D eigenvalue weighted by Crippen LogP contribution is 2.27. The molecule has 0 spiro atoms. The first-order valence-corrected chi connectivity index (χ1v) is 6.85. The number of aryl methyl sites for hydroxylation is 2. The van der Waals surface area contributed by atoms with Crippen molar-refractivity contribution in [1.82, 2.24) is 0 Å². The topological polar surface area (TPSA) is 29.1 Å². The lowest BCUT2D eigenvalue weighted by Crippen LogP contribution is -2.09. The molecule has 2 nitrogen and oxygen atoms in total. The van der Waals surface area contributed by atoms with E-state index in [4.69, 9.17) is 11.6 Å². The average molecular weight is 304 g/mol. The lowest BCUT2D eigenvalue weighted by atomic mass is 10.1. The summed E-state index contributed by atoms with van der Waals surface area (Å²) in [7, 11) is 0. The van der Waals surface area contributed by atoms with Gasteiger partial charge in [-0.3, -0.25) is 4.79 Å². The van der Waals surface area contributed by atoms with E-state index in [1.807, 2.05) is 19.9 Å². The molecule has 0 aliphatic rings. The predicted molar refractivity (Wildman–Crippen MR) is 85.0 cm³/mol. The summed E-state index contributed by atoms with van der Waals surface area (Å²) in [6, 6.07) is 9.64. The summed E-state index contributed by atoms with van der Waals surface area (Å²) >= 11 is 6.13. The second-order valence-corrected chi connectivity index (χ2v) is 5.22. The monoisotopic (exact) mass is 303 g/mol. The minimum atomic E-state index is -0.307. The van der Waals surface area contributed by atoms with Crippen LogP contribution in [-0.2, 0) is 4.79 Å². The van der Waals surface area contributed by atoms with Crippen molar-refractivity contribution in [2.75, 3.05) is 5.32 Å². The molecule has 2 aromatic rings. The van der Waals surface area contributed by atoms with Crippen LogP contribution in [0, 0.1) is 19.7 Å². The number of rotatable bonds is 3. The molecule has 0 saturated heterocycles. The molecule has 0 aliphatic carbocycles. The summed E-state index contributed by atoms with van der Waals surface area (Å²) < 4.78 is 12.8. The van der Waals surface area contributed by atoms with Gasteiger partial charge in [-0.05, 0) is 54.8 Å². The molecule has 0 radical (unpaired) electrons. The van der Waals surface area contributed by atoms with Gasteiger partial charge in [0, 0.05) is 6.08 Å². The first-order chi connectivity index (χ1) is 9.95. The molecule has 0 saturated carbocycles. The Morgan fingerprint density at radius 3 is 2.48 bits per heavy atom. The molecule has 108 valence electrons. The van der Waals surface area contributed by atoms with Gasteiger partial charge in [-0.15, -0.1) is 0 Å². The van der Waals surface area contributed by atoms with Crippen molar-refractivity contribution in [3.63, 3.8) is 0 Å². The highest BCUT2D eigenvalue weighted by Gasteiger charge is 2.07. The van der Waals surface area contributed by atoms with Gasteiger partial charge in [-0.25, -0.2) is 4.39 Å². The van der Waals surface area contributed by atoms with E-state index >= 15 is 0 Å². The molecule has 0 fully saturated rings. The van der Waals surface area contributed by atoms with Crippen LogP contribution in [0.2, 0.25) is 5.02 Å². The van der Waals surface area contributed by atoms with E-state index in [1.165, 1.54) is 18.2 Å². The molecule has 4 heteroatoms. The van der Waals surface area contributed by atoms with Gasteiger partial charge < -0.3 is 5.32 Å². The molecule has 21 heavy (non-hydrogen) atoms. The molecule has 0 bridgehead atoms. The van der Waals surface area contributed by atoms with E-state index in [1.54, 1.807) is 24.3 Å². The standard InChI is InChI=1S/C17H15ClFNO/c1-11-9-12(2)17(15(18)10-11)20-16(21)8-5-13-3-6-14(19)7-4-13/h3-10H,1-2H3,(H,20,21). The second kappa shape index (κ2) is 6.55. The van der Waals surface area contributed by atoms with Gasteiger partial charge in [0.1, 0.15) is 5.82 Å². The Bertz CT molecular complexity index is 669. The fourth-order valence-electron chi connectivity index (χ4n) is 1.98. The molecule has 0 aromatic heterocycles. The van der Waals surface area contributed by atoms with Crippen LogP contribution >= 0.6 is 11.6 Å². The van der Waals surface area contributed by atoms with Gasteiger partial charge >= 0.3 is 0 Å². The molecule has 2 aromatic carbocycles. The maximum Gasteiger partial charge on any atom is 0.248 e. The van der Waals surface area contributed by atoms with Gasteiger partial charge in [0.05, 0.1) is 10.7 Å². The number of hydrogen-bond donors (Lipinski definition) is 1. The quantitative estimate of drug-likeness (QED) is 0.815. The molecular weight excluding hydrogens is 289 g/mol. The number of benzene rings is 2. The summed E-state index contributed by atoms with van der Waals surface area (Å²) in [5.74, 6) is -0.591. The molecule has 0 aliphatic heterocycles. The Hall–Kier alpha value is -2.13. The first-order valence-electron chi connectivity index (χ1n) is 6.47. The maximum atomic E-state index is 12.8. The molecule has 1 amide bonds. The van der Waals surface area contributed by atoms with Crippen LogP contribution in [0.1, 0.15) is 16.7 Å². The van der Waals surface area contributed by atoms with E-state index in [9.17, 15) is 9.18 Å². The van der Waals surface area contributed by atoms with Gasteiger partial charge in [-0.2, -0.15) is 0 Å². The van der Waals surface area contributed by atoms with Crippen molar-refractivity contribution in [2.45, 2.75) is 13.8 Å². The van der Waals surface area contributed by atoms with Crippen molar-refractivity contribution in [1.29, 1.82) is 0 Å². The van der Waals surface area contributed by atoms with E-state index in [-0.39, 0.29) is 11.7 Å². The second-order valence-electron chi connectivity index (χ2n) is 4.81. The third-order valence-electron chi connectivity index (χ3n) is 2.98. The van der Waals surface area contributed by atoms with Crippen molar-refractivity contribution < 1.29 is 9.18 Å². The number of amides is 1. The fourth-order valence-corrected chi connectivity index (χ4v) is 2.35. The lowest BCUT2D eigenvalue weighted by molar-refractivity contribution is -0.111. The first kappa shape index (κ1) is 15.3. The normalized spacial score (nSPS) is 10.9. The van der Waals surface area contributed by atoms with Crippen LogP contribution in [0.15, 0.2) is 42.5 Å². The van der Waals surface area contributed by atoms with Crippen LogP contribution in [-0.4, -0.2) is 5.91 Å². The van der Waals surface area contributed by atoms with E-state index in [2.05, 4.69) is 5.32 Å². The largest absolute Gasteiger partial charge is 0.321 e. The summed E-state index contributed by atoms with van der Waals surface area (Å²) in [6.07, 6.45) is 3.01. The van der Waals surface area contributed by atoms with Crippen LogP contribution in [0.4, 0.5) is 10.1 Å². The van der Waals surface area contributed by atoms with Crippen LogP contribution < -0.4 is 5.32 Å². The Kier molecular flexibility index (Phi) is 4.76. The summed E-state index contributed by atoms with van der Waals surface area (Å²) in [6.45, 7) is 3.83. The zero-order valence-electron chi connectivity index (χ0n) is 11.8. The zero-order chi connectivity index (χ0) is 15.4. The maximum absolute atomic E-state index is 12.8. The minimum Gasteiger partial charge on any atom is -0.321 e. The van der Waals surface area contributed by atoms with Crippen molar-refractivity contribution >= 4 is 29.3 Å². The number of carbonyl (C=O) groups is 1. The van der Waals surface area contributed by atoms with Crippen LogP contribution in [0.25, 0.3) is 6.08 Å². The van der Waals surface area contributed by atoms with Gasteiger partial charge in [0.15, 0.2) is 0 Å². The highest BCUT2D eigenvalue weighted by atomic mass is 35.5. The highest BCUT2D eigenvalue weighted by molar-refractivity contribution is 6.34. The zero-order valence-corrected chi connectivity index (χ0v) is 12.5. The molecule has 1 N–H and O–H groups in total. The Labute approximate surface area is 128 Å². The predicted octanol–water partition coefficient (Wildman–Crippen LogP) is 4.75. The van der Waals surface area contributed by atoms with E-state index in [0.29, 0.717) is 10.7 Å². The molecular formula is C17H15ClFNO. The third kappa shape index (κ3) is 4.17. The molecule has 0 atom stereocenters. The number of anilines is 1. The summed E-state index contributed by atoms with van der Waals surface area (Å²) in [5, 5.41) is 3.27. The average Bonchev–Trinajstić information content (AvgIpc) is 2.42. The van der Waals surface area contributed by atoms with Crippen molar-refractivity contribution in [2.24, 2.45) is 0 Å². The minimum absolute atomic E-state index is 0.284. The SMILES string of the molecule is Cc1cc(C)c(NC(=O)C=Cc2ccc(F)cc2)c(Cl)c1. The number of nitrogens with one attached hydrogen (secondary N) is 1. The Morgan fingerprint density at radius 2 is 1.86 bits per heavy atom. The Balaban J connectivity index is 2.10. The van der Waals surface area contributed by atoms with E-state index < -0.39 is 0 Å². The lowest BCUT2D eigenvalue weighted by Gasteiger charge is -2.10. The van der Waals surface area contributed by atoms with Gasteiger partial charge in [0.2, 0.25) is 5.91 Å². The van der Waals surface area contributed by atoms with Crippen LogP contribution in [0.5, 0.6) is 0 Å². The van der Waals surface area contributed by atoms with Crippen molar-refractivity contribution in [3.05, 3.63) is 70.0 Å². The van der Waals surface area contributed by atoms with E-state index in [0.717, 1.165) is 16.7 Å². The van der Waals surface area contributed by atoms with Gasteiger partial charge in [0.25, 0.3) is 0 Å². The summed E-state index contributed by atoms with van der Waals surface area (Å²) in [5.41, 5.74) is 3.30. The van der Waals surface area contributed by atoms with Gasteiger partial charge in [-0.1, -0.05) is 29.8 Å².